The van der Waals surface area contributed by atoms with E-state index in [1.54, 1.807) is 36.4 Å². The smallest absolute Gasteiger partial charge is 0.251 e. The van der Waals surface area contributed by atoms with E-state index >= 15 is 0 Å². The summed E-state index contributed by atoms with van der Waals surface area (Å²) in [5, 5.41) is 3.02. The second kappa shape index (κ2) is 9.40. The van der Waals surface area contributed by atoms with Crippen molar-refractivity contribution < 1.29 is 17.9 Å². The number of hydrogen-bond acceptors (Lipinski definition) is 4. The molecule has 0 bridgehead atoms. The van der Waals surface area contributed by atoms with E-state index in [9.17, 15) is 13.2 Å². The molecule has 1 aliphatic rings. The zero-order chi connectivity index (χ0) is 22.6. The molecule has 0 unspecified atom stereocenters. The van der Waals surface area contributed by atoms with Gasteiger partial charge in [0, 0.05) is 24.7 Å². The van der Waals surface area contributed by atoms with Gasteiger partial charge in [-0.3, -0.25) is 4.79 Å². The lowest BCUT2D eigenvalue weighted by atomic mass is 9.87. The Labute approximate surface area is 185 Å². The topological polar surface area (TPSA) is 75.7 Å². The van der Waals surface area contributed by atoms with E-state index in [2.05, 4.69) is 26.1 Å². The highest BCUT2D eigenvalue weighted by Gasteiger charge is 2.30. The molecule has 0 saturated carbocycles. The van der Waals surface area contributed by atoms with Crippen molar-refractivity contribution in [1.29, 1.82) is 0 Å². The molecule has 1 aliphatic heterocycles. The summed E-state index contributed by atoms with van der Waals surface area (Å²) in [6.45, 7) is 9.56. The third-order valence-corrected chi connectivity index (χ3v) is 7.49. The maximum absolute atomic E-state index is 13.0. The number of carbonyl (C=O) groups is 1. The second-order valence-electron chi connectivity index (χ2n) is 8.88. The molecule has 6 nitrogen and oxygen atoms in total. The van der Waals surface area contributed by atoms with Gasteiger partial charge < -0.3 is 10.1 Å². The van der Waals surface area contributed by atoms with Gasteiger partial charge in [-0.25, -0.2) is 8.42 Å². The van der Waals surface area contributed by atoms with Crippen molar-refractivity contribution in [2.45, 2.75) is 56.9 Å². The number of piperidine rings is 1. The monoisotopic (exact) mass is 444 g/mol. The van der Waals surface area contributed by atoms with Crippen LogP contribution < -0.4 is 10.1 Å². The lowest BCUT2D eigenvalue weighted by molar-refractivity contribution is 0.0924. The Morgan fingerprint density at radius 2 is 1.61 bits per heavy atom. The van der Waals surface area contributed by atoms with Crippen molar-refractivity contribution >= 4 is 15.9 Å². The minimum atomic E-state index is -3.53. The number of nitrogens with zero attached hydrogens (tertiary/aromatic N) is 1. The Morgan fingerprint density at radius 1 is 1.03 bits per heavy atom. The van der Waals surface area contributed by atoms with Crippen LogP contribution in [-0.4, -0.2) is 44.4 Å². The number of carbonyl (C=O) groups excluding carboxylic acids is 1. The lowest BCUT2D eigenvalue weighted by Crippen LogP contribution is -2.46. The van der Waals surface area contributed by atoms with Gasteiger partial charge in [-0.1, -0.05) is 32.9 Å². The number of rotatable bonds is 6. The molecule has 3 rings (SSSR count). The van der Waals surface area contributed by atoms with Gasteiger partial charge in [0.25, 0.3) is 5.91 Å². The number of nitrogens with one attached hydrogen (secondary N) is 1. The highest BCUT2D eigenvalue weighted by atomic mass is 32.2. The average molecular weight is 445 g/mol. The summed E-state index contributed by atoms with van der Waals surface area (Å²) >= 11 is 0. The van der Waals surface area contributed by atoms with E-state index in [0.717, 1.165) is 11.3 Å². The number of amides is 1. The van der Waals surface area contributed by atoms with Gasteiger partial charge in [0.2, 0.25) is 10.0 Å². The molecule has 0 atom stereocenters. The molecule has 2 aromatic rings. The van der Waals surface area contributed by atoms with Crippen molar-refractivity contribution in [2.75, 3.05) is 19.7 Å². The molecule has 0 aliphatic carbocycles. The molecule has 1 amide bonds. The molecule has 0 aromatic heterocycles. The van der Waals surface area contributed by atoms with Gasteiger partial charge in [-0.05, 0) is 67.1 Å². The van der Waals surface area contributed by atoms with Crippen molar-refractivity contribution in [2.24, 2.45) is 0 Å². The number of hydrogen-bond donors (Lipinski definition) is 1. The zero-order valence-electron chi connectivity index (χ0n) is 18.7. The molecule has 7 heteroatoms. The summed E-state index contributed by atoms with van der Waals surface area (Å²) in [7, 11) is -3.53. The van der Waals surface area contributed by atoms with Crippen LogP contribution >= 0.6 is 0 Å². The summed E-state index contributed by atoms with van der Waals surface area (Å²) in [6.07, 6.45) is 1.17. The maximum atomic E-state index is 13.0. The van der Waals surface area contributed by atoms with Crippen LogP contribution in [0.4, 0.5) is 0 Å². The molecule has 1 saturated heterocycles. The van der Waals surface area contributed by atoms with Gasteiger partial charge in [-0.2, -0.15) is 4.31 Å². The molecule has 1 fully saturated rings. The van der Waals surface area contributed by atoms with Crippen LogP contribution in [0.15, 0.2) is 53.4 Å². The summed E-state index contributed by atoms with van der Waals surface area (Å²) in [5.41, 5.74) is 1.64. The van der Waals surface area contributed by atoms with Crippen molar-refractivity contribution in [3.63, 3.8) is 0 Å². The Morgan fingerprint density at radius 3 is 2.13 bits per heavy atom. The Kier molecular flexibility index (Phi) is 7.06. The van der Waals surface area contributed by atoms with E-state index in [4.69, 9.17) is 4.74 Å². The summed E-state index contributed by atoms with van der Waals surface area (Å²) in [5.74, 6) is 0.579. The molecule has 0 radical (unpaired) electrons. The summed E-state index contributed by atoms with van der Waals surface area (Å²) in [4.78, 5) is 12.8. The fourth-order valence-corrected chi connectivity index (χ4v) is 5.12. The molecule has 1 heterocycles. The van der Waals surface area contributed by atoms with Crippen LogP contribution in [0.3, 0.4) is 0 Å². The minimum absolute atomic E-state index is 0.0256. The fourth-order valence-electron chi connectivity index (χ4n) is 3.65. The van der Waals surface area contributed by atoms with Crippen molar-refractivity contribution in [3.8, 4) is 5.75 Å². The van der Waals surface area contributed by atoms with Crippen LogP contribution in [0, 0.1) is 0 Å². The zero-order valence-corrected chi connectivity index (χ0v) is 19.5. The summed E-state index contributed by atoms with van der Waals surface area (Å²) < 4.78 is 32.9. The normalized spacial score (nSPS) is 16.1. The quantitative estimate of drug-likeness (QED) is 0.732. The highest BCUT2D eigenvalue weighted by Crippen LogP contribution is 2.26. The lowest BCUT2D eigenvalue weighted by Gasteiger charge is -2.31. The van der Waals surface area contributed by atoms with Gasteiger partial charge in [0.1, 0.15) is 5.75 Å². The van der Waals surface area contributed by atoms with E-state index in [1.165, 1.54) is 4.31 Å². The SMILES string of the molecule is CCOc1ccc(C(=O)NC2CCN(S(=O)(=O)c3ccc(C(C)(C)C)cc3)CC2)cc1. The first-order chi connectivity index (χ1) is 14.6. The third-order valence-electron chi connectivity index (χ3n) is 5.57. The van der Waals surface area contributed by atoms with E-state index in [0.29, 0.717) is 43.0 Å². The number of sulfonamides is 1. The van der Waals surface area contributed by atoms with Crippen LogP contribution in [0.1, 0.15) is 56.5 Å². The molecule has 0 spiro atoms. The minimum Gasteiger partial charge on any atom is -0.494 e. The fraction of sp³-hybridized carbons (Fsp3) is 0.458. The largest absolute Gasteiger partial charge is 0.494 e. The van der Waals surface area contributed by atoms with Gasteiger partial charge in [0.05, 0.1) is 11.5 Å². The third kappa shape index (κ3) is 5.66. The Bertz CT molecular complexity index is 985. The van der Waals surface area contributed by atoms with E-state index in [1.807, 2.05) is 19.1 Å². The first-order valence-corrected chi connectivity index (χ1v) is 12.2. The molecule has 168 valence electrons. The predicted octanol–water partition coefficient (Wildman–Crippen LogP) is 3.97. The van der Waals surface area contributed by atoms with Crippen molar-refractivity contribution in [3.05, 3.63) is 59.7 Å². The highest BCUT2D eigenvalue weighted by molar-refractivity contribution is 7.89. The number of benzene rings is 2. The standard InChI is InChI=1S/C24H32N2O4S/c1-5-30-21-10-6-18(7-11-21)23(27)25-20-14-16-26(17-15-20)31(28,29)22-12-8-19(9-13-22)24(2,3)4/h6-13,20H,5,14-17H2,1-4H3,(H,25,27). The van der Waals surface area contributed by atoms with E-state index in [-0.39, 0.29) is 17.4 Å². The molecular formula is C24H32N2O4S. The molecule has 31 heavy (non-hydrogen) atoms. The van der Waals surface area contributed by atoms with Crippen LogP contribution in [0.2, 0.25) is 0 Å². The average Bonchev–Trinajstić information content (AvgIpc) is 2.74. The maximum Gasteiger partial charge on any atom is 0.251 e. The first kappa shape index (κ1) is 23.3. The molecule has 2 aromatic carbocycles. The van der Waals surface area contributed by atoms with Crippen LogP contribution in [0.25, 0.3) is 0 Å². The summed E-state index contributed by atoms with van der Waals surface area (Å²) in [6, 6.07) is 14.1. The Balaban J connectivity index is 1.57. The molecular weight excluding hydrogens is 412 g/mol. The predicted molar refractivity (Wildman–Crippen MR) is 122 cm³/mol. The van der Waals surface area contributed by atoms with Crippen molar-refractivity contribution in [1.82, 2.24) is 9.62 Å². The van der Waals surface area contributed by atoms with Crippen LogP contribution in [-0.2, 0) is 15.4 Å². The molecule has 1 N–H and O–H groups in total. The van der Waals surface area contributed by atoms with Gasteiger partial charge in [-0.15, -0.1) is 0 Å². The Hall–Kier alpha value is -2.38. The second-order valence-corrected chi connectivity index (χ2v) is 10.8. The van der Waals surface area contributed by atoms with Crippen LogP contribution in [0.5, 0.6) is 5.75 Å². The van der Waals surface area contributed by atoms with E-state index < -0.39 is 10.0 Å². The first-order valence-electron chi connectivity index (χ1n) is 10.8. The van der Waals surface area contributed by atoms with Gasteiger partial charge in [0.15, 0.2) is 0 Å². The number of ether oxygens (including phenoxy) is 1. The van der Waals surface area contributed by atoms with Gasteiger partial charge >= 0.3 is 0 Å².